The van der Waals surface area contributed by atoms with Crippen LogP contribution >= 0.6 is 0 Å². The summed E-state index contributed by atoms with van der Waals surface area (Å²) in [6, 6.07) is 6.11. The van der Waals surface area contributed by atoms with Crippen molar-refractivity contribution < 1.29 is 19.4 Å². The minimum Gasteiger partial charge on any atom is -0.481 e. The summed E-state index contributed by atoms with van der Waals surface area (Å²) in [6.45, 7) is 5.41. The van der Waals surface area contributed by atoms with Crippen LogP contribution in [0.2, 0.25) is 0 Å². The Labute approximate surface area is 111 Å². The minimum absolute atomic E-state index is 0.151. The summed E-state index contributed by atoms with van der Waals surface area (Å²) in [5, 5.41) is 11.8. The monoisotopic (exact) mass is 263 g/mol. The second-order valence-electron chi connectivity index (χ2n) is 4.15. The molecule has 0 aliphatic heterocycles. The van der Waals surface area contributed by atoms with Gasteiger partial charge >= 0.3 is 11.9 Å². The lowest BCUT2D eigenvalue weighted by Gasteiger charge is -2.20. The highest BCUT2D eigenvalue weighted by atomic mass is 16.5. The summed E-state index contributed by atoms with van der Waals surface area (Å²) in [5.74, 6) is -1.44. The molecule has 0 aliphatic carbocycles. The summed E-state index contributed by atoms with van der Waals surface area (Å²) < 4.78 is 4.74. The molecule has 0 fully saturated rings. The minimum atomic E-state index is -0.952. The number of ether oxygens (including phenoxy) is 1. The van der Waals surface area contributed by atoms with Crippen molar-refractivity contribution in [1.29, 1.82) is 0 Å². The van der Waals surface area contributed by atoms with Crippen LogP contribution in [0.15, 0.2) is 36.5 Å². The van der Waals surface area contributed by atoms with Crippen molar-refractivity contribution in [2.24, 2.45) is 0 Å². The Morgan fingerprint density at radius 1 is 1.42 bits per heavy atom. The second-order valence-corrected chi connectivity index (χ2v) is 4.15. The van der Waals surface area contributed by atoms with E-state index in [2.05, 4.69) is 11.9 Å². The van der Waals surface area contributed by atoms with Crippen molar-refractivity contribution in [1.82, 2.24) is 5.32 Å². The zero-order valence-electron chi connectivity index (χ0n) is 11.0. The number of carboxylic acid groups (broad SMARTS) is 1. The van der Waals surface area contributed by atoms with Crippen LogP contribution < -0.4 is 5.32 Å². The molecule has 0 saturated heterocycles. The van der Waals surface area contributed by atoms with Crippen LogP contribution in [0.5, 0.6) is 0 Å². The average molecular weight is 263 g/mol. The van der Waals surface area contributed by atoms with E-state index in [1.165, 1.54) is 7.11 Å². The highest BCUT2D eigenvalue weighted by Crippen LogP contribution is 2.21. The van der Waals surface area contributed by atoms with E-state index in [1.807, 2.05) is 0 Å². The first-order chi connectivity index (χ1) is 8.95. The van der Waals surface area contributed by atoms with Gasteiger partial charge in [0.15, 0.2) is 6.04 Å². The fourth-order valence-electron chi connectivity index (χ4n) is 1.77. The zero-order valence-corrected chi connectivity index (χ0v) is 11.0. The van der Waals surface area contributed by atoms with E-state index >= 15 is 0 Å². The molecule has 5 nitrogen and oxygen atoms in total. The van der Waals surface area contributed by atoms with Gasteiger partial charge in [0.05, 0.1) is 13.5 Å². The van der Waals surface area contributed by atoms with Gasteiger partial charge < -0.3 is 15.2 Å². The number of esters is 1. The first-order valence-electron chi connectivity index (χ1n) is 5.75. The van der Waals surface area contributed by atoms with Gasteiger partial charge in [-0.1, -0.05) is 30.8 Å². The Morgan fingerprint density at radius 3 is 2.58 bits per heavy atom. The smallest absolute Gasteiger partial charge is 0.332 e. The largest absolute Gasteiger partial charge is 0.481 e. The van der Waals surface area contributed by atoms with Gasteiger partial charge in [-0.3, -0.25) is 4.79 Å². The molecular formula is C14H17NO4. The van der Waals surface area contributed by atoms with Crippen LogP contribution in [0.1, 0.15) is 24.1 Å². The van der Waals surface area contributed by atoms with E-state index in [9.17, 15) is 9.59 Å². The van der Waals surface area contributed by atoms with Crippen LogP contribution in [0, 0.1) is 0 Å². The number of nitrogens with one attached hydrogen (secondary N) is 1. The van der Waals surface area contributed by atoms with E-state index in [-0.39, 0.29) is 6.42 Å². The van der Waals surface area contributed by atoms with Crippen LogP contribution in [-0.4, -0.2) is 24.2 Å². The highest BCUT2D eigenvalue weighted by molar-refractivity contribution is 5.79. The molecule has 1 aromatic carbocycles. The highest BCUT2D eigenvalue weighted by Gasteiger charge is 2.24. The molecule has 0 saturated carbocycles. The molecule has 1 atom stereocenters. The first-order valence-corrected chi connectivity index (χ1v) is 5.75. The van der Waals surface area contributed by atoms with Crippen molar-refractivity contribution in [3.8, 4) is 0 Å². The third kappa shape index (κ3) is 4.13. The fraction of sp³-hybridized carbons (Fsp3) is 0.286. The number of allylic oxidation sites excluding steroid dienone is 1. The van der Waals surface area contributed by atoms with Crippen molar-refractivity contribution >= 4 is 11.9 Å². The molecule has 2 N–H and O–H groups in total. The summed E-state index contributed by atoms with van der Waals surface area (Å²) in [7, 11) is 1.29. The number of benzene rings is 1. The molecule has 0 spiro atoms. The van der Waals surface area contributed by atoms with Crippen LogP contribution in [0.4, 0.5) is 0 Å². The number of carbonyl (C=O) groups excluding carboxylic acids is 1. The van der Waals surface area contributed by atoms with Crippen molar-refractivity contribution in [3.63, 3.8) is 0 Å². The standard InChI is InChI=1S/C14H17NO4/c1-9(2)15-13(14(18)19-3)11-7-5-4-6-10(11)8-12(16)17/h4-7,13,15H,1,8H2,2-3H3,(H,16,17). The molecule has 0 aromatic heterocycles. The Balaban J connectivity index is 3.17. The van der Waals surface area contributed by atoms with Gasteiger partial charge in [-0.25, -0.2) is 4.79 Å². The Morgan fingerprint density at radius 2 is 2.05 bits per heavy atom. The molecule has 1 rings (SSSR count). The number of carboxylic acids is 1. The summed E-state index contributed by atoms with van der Waals surface area (Å²) in [5.41, 5.74) is 1.75. The maximum Gasteiger partial charge on any atom is 0.332 e. The molecule has 0 radical (unpaired) electrons. The van der Waals surface area contributed by atoms with Crippen LogP contribution in [-0.2, 0) is 20.7 Å². The molecule has 1 unspecified atom stereocenters. The predicted octanol–water partition coefficient (Wildman–Crippen LogP) is 1.65. The fourth-order valence-corrected chi connectivity index (χ4v) is 1.77. The molecule has 1 aromatic rings. The topological polar surface area (TPSA) is 75.6 Å². The maximum atomic E-state index is 11.8. The lowest BCUT2D eigenvalue weighted by molar-refractivity contribution is -0.143. The van der Waals surface area contributed by atoms with Gasteiger partial charge in [0.25, 0.3) is 0 Å². The number of hydrogen-bond acceptors (Lipinski definition) is 4. The number of hydrogen-bond donors (Lipinski definition) is 2. The third-order valence-electron chi connectivity index (χ3n) is 2.54. The van der Waals surface area contributed by atoms with Gasteiger partial charge in [-0.05, 0) is 18.1 Å². The summed E-state index contributed by atoms with van der Waals surface area (Å²) in [4.78, 5) is 22.7. The molecule has 0 heterocycles. The number of methoxy groups -OCH3 is 1. The van der Waals surface area contributed by atoms with Gasteiger partial charge in [-0.15, -0.1) is 0 Å². The molecule has 102 valence electrons. The van der Waals surface area contributed by atoms with Crippen LogP contribution in [0.3, 0.4) is 0 Å². The number of carbonyl (C=O) groups is 2. The van der Waals surface area contributed by atoms with Gasteiger partial charge in [0.1, 0.15) is 0 Å². The molecular weight excluding hydrogens is 246 g/mol. The maximum absolute atomic E-state index is 11.8. The van der Waals surface area contributed by atoms with E-state index in [0.717, 1.165) is 0 Å². The average Bonchev–Trinajstić information content (AvgIpc) is 2.35. The SMILES string of the molecule is C=C(C)NC(C(=O)OC)c1ccccc1CC(=O)O. The summed E-state index contributed by atoms with van der Waals surface area (Å²) >= 11 is 0. The van der Waals surface area contributed by atoms with Gasteiger partial charge in [-0.2, -0.15) is 0 Å². The third-order valence-corrected chi connectivity index (χ3v) is 2.54. The molecule has 0 aliphatic rings. The number of aliphatic carboxylic acids is 1. The summed E-state index contributed by atoms with van der Waals surface area (Å²) in [6.07, 6.45) is -0.151. The van der Waals surface area contributed by atoms with E-state index in [1.54, 1.807) is 31.2 Å². The molecule has 19 heavy (non-hydrogen) atoms. The van der Waals surface area contributed by atoms with E-state index in [4.69, 9.17) is 9.84 Å². The van der Waals surface area contributed by atoms with Gasteiger partial charge in [0.2, 0.25) is 0 Å². The Bertz CT molecular complexity index is 496. The second kappa shape index (κ2) is 6.58. The first kappa shape index (κ1) is 14.8. The lowest BCUT2D eigenvalue weighted by Crippen LogP contribution is -2.29. The zero-order chi connectivity index (χ0) is 14.4. The molecule has 0 bridgehead atoms. The van der Waals surface area contributed by atoms with Crippen molar-refractivity contribution in [3.05, 3.63) is 47.7 Å². The normalized spacial score (nSPS) is 11.5. The van der Waals surface area contributed by atoms with Crippen molar-refractivity contribution in [2.45, 2.75) is 19.4 Å². The lowest BCUT2D eigenvalue weighted by atomic mass is 9.98. The Kier molecular flexibility index (Phi) is 5.11. The van der Waals surface area contributed by atoms with Gasteiger partial charge in [0, 0.05) is 5.70 Å². The van der Waals surface area contributed by atoms with E-state index in [0.29, 0.717) is 16.8 Å². The van der Waals surface area contributed by atoms with E-state index < -0.39 is 18.0 Å². The number of rotatable bonds is 6. The molecule has 0 amide bonds. The predicted molar refractivity (Wildman–Crippen MR) is 70.5 cm³/mol. The Hall–Kier alpha value is -2.30. The molecule has 5 heteroatoms. The quantitative estimate of drug-likeness (QED) is 0.763. The van der Waals surface area contributed by atoms with Crippen LogP contribution in [0.25, 0.3) is 0 Å². The van der Waals surface area contributed by atoms with Crippen molar-refractivity contribution in [2.75, 3.05) is 7.11 Å².